The number of anilines is 1. The van der Waals surface area contributed by atoms with Crippen molar-refractivity contribution in [1.82, 2.24) is 5.32 Å². The number of amides is 1. The number of nitrogens with one attached hydrogen (secondary N) is 1. The maximum atomic E-state index is 12.7. The van der Waals surface area contributed by atoms with E-state index in [2.05, 4.69) is 5.32 Å². The first-order chi connectivity index (χ1) is 11.5. The molecule has 0 radical (unpaired) electrons. The number of halogens is 1. The molecule has 1 aromatic carbocycles. The lowest BCUT2D eigenvalue weighted by Gasteiger charge is -2.32. The highest BCUT2D eigenvalue weighted by Gasteiger charge is 2.34. The molecule has 25 heavy (non-hydrogen) atoms. The van der Waals surface area contributed by atoms with Gasteiger partial charge in [0.05, 0.1) is 19.1 Å². The van der Waals surface area contributed by atoms with Crippen molar-refractivity contribution in [2.45, 2.75) is 46.2 Å². The average Bonchev–Trinajstić information content (AvgIpc) is 2.50. The van der Waals surface area contributed by atoms with Gasteiger partial charge in [-0.3, -0.25) is 9.10 Å². The summed E-state index contributed by atoms with van der Waals surface area (Å²) in [6.07, 6.45) is 1.37. The molecule has 142 valence electrons. The molecular weight excluding hydrogens is 364 g/mol. The lowest BCUT2D eigenvalue weighted by atomic mass is 10.1. The van der Waals surface area contributed by atoms with Crippen LogP contribution in [0, 0.1) is 5.92 Å². The fourth-order valence-corrected chi connectivity index (χ4v) is 3.73. The Bertz CT molecular complexity index is 707. The Balaban J connectivity index is 3.39. The molecule has 0 spiro atoms. The highest BCUT2D eigenvalue weighted by atomic mass is 35.5. The van der Waals surface area contributed by atoms with Gasteiger partial charge in [0.1, 0.15) is 11.8 Å². The number of methoxy groups -OCH3 is 1. The van der Waals surface area contributed by atoms with Crippen LogP contribution in [0.5, 0.6) is 5.75 Å². The number of carbonyl (C=O) groups is 1. The number of hydrogen-bond donors (Lipinski definition) is 1. The van der Waals surface area contributed by atoms with E-state index in [9.17, 15) is 13.2 Å². The zero-order valence-electron chi connectivity index (χ0n) is 15.5. The first kappa shape index (κ1) is 21.6. The van der Waals surface area contributed by atoms with Gasteiger partial charge in [0.2, 0.25) is 15.9 Å². The molecule has 2 atom stereocenters. The molecule has 1 amide bonds. The van der Waals surface area contributed by atoms with Crippen LogP contribution in [0.15, 0.2) is 18.2 Å². The van der Waals surface area contributed by atoms with Crippen molar-refractivity contribution < 1.29 is 17.9 Å². The van der Waals surface area contributed by atoms with Crippen LogP contribution < -0.4 is 14.4 Å². The van der Waals surface area contributed by atoms with Crippen molar-refractivity contribution in [3.63, 3.8) is 0 Å². The zero-order chi connectivity index (χ0) is 19.4. The van der Waals surface area contributed by atoms with E-state index < -0.39 is 16.1 Å². The van der Waals surface area contributed by atoms with Crippen LogP contribution in [0.1, 0.15) is 34.1 Å². The summed E-state index contributed by atoms with van der Waals surface area (Å²) in [7, 11) is -2.31. The number of hydrogen-bond acceptors (Lipinski definition) is 4. The fourth-order valence-electron chi connectivity index (χ4n) is 2.36. The summed E-state index contributed by atoms with van der Waals surface area (Å²) in [5.41, 5.74) is 0.247. The van der Waals surface area contributed by atoms with E-state index in [-0.39, 0.29) is 23.6 Å². The van der Waals surface area contributed by atoms with Crippen LogP contribution in [0.3, 0.4) is 0 Å². The van der Waals surface area contributed by atoms with E-state index in [4.69, 9.17) is 16.3 Å². The largest absolute Gasteiger partial charge is 0.495 e. The molecule has 0 saturated heterocycles. The monoisotopic (exact) mass is 390 g/mol. The zero-order valence-corrected chi connectivity index (χ0v) is 17.1. The molecule has 2 unspecified atom stereocenters. The summed E-state index contributed by atoms with van der Waals surface area (Å²) < 4.78 is 31.3. The molecule has 0 aliphatic rings. The fraction of sp³-hybridized carbons (Fsp3) is 0.588. The molecular formula is C17H27ClN2O4S. The van der Waals surface area contributed by atoms with E-state index in [1.165, 1.54) is 13.2 Å². The predicted molar refractivity (Wildman–Crippen MR) is 102 cm³/mol. The molecule has 0 bridgehead atoms. The van der Waals surface area contributed by atoms with Crippen LogP contribution in [0.4, 0.5) is 5.69 Å². The SMILES string of the molecule is CCC(C(=O)NC(C)C(C)C)N(c1cc(Cl)ccc1OC)S(C)(=O)=O. The molecule has 1 N–H and O–H groups in total. The maximum absolute atomic E-state index is 12.7. The summed E-state index contributed by atoms with van der Waals surface area (Å²) in [6, 6.07) is 3.69. The highest BCUT2D eigenvalue weighted by molar-refractivity contribution is 7.92. The van der Waals surface area contributed by atoms with Gasteiger partial charge in [0.25, 0.3) is 0 Å². The Labute approximate surface area is 155 Å². The second kappa shape index (κ2) is 8.76. The third-order valence-corrected chi connectivity index (χ3v) is 5.48. The summed E-state index contributed by atoms with van der Waals surface area (Å²) in [4.78, 5) is 12.7. The number of carbonyl (C=O) groups excluding carboxylic acids is 1. The molecule has 1 aromatic rings. The number of rotatable bonds is 8. The lowest BCUT2D eigenvalue weighted by molar-refractivity contribution is -0.123. The highest BCUT2D eigenvalue weighted by Crippen LogP contribution is 2.34. The van der Waals surface area contributed by atoms with Crippen molar-refractivity contribution in [3.8, 4) is 5.75 Å². The second-order valence-corrected chi connectivity index (χ2v) is 8.64. The van der Waals surface area contributed by atoms with Gasteiger partial charge in [0.15, 0.2) is 0 Å². The van der Waals surface area contributed by atoms with Crippen molar-refractivity contribution in [2.24, 2.45) is 5.92 Å². The molecule has 0 saturated carbocycles. The van der Waals surface area contributed by atoms with Crippen molar-refractivity contribution in [1.29, 1.82) is 0 Å². The minimum Gasteiger partial charge on any atom is -0.495 e. The molecule has 0 aliphatic carbocycles. The Morgan fingerprint density at radius 3 is 2.36 bits per heavy atom. The van der Waals surface area contributed by atoms with Crippen LogP contribution in [-0.2, 0) is 14.8 Å². The Morgan fingerprint density at radius 2 is 1.92 bits per heavy atom. The van der Waals surface area contributed by atoms with Gasteiger partial charge in [0, 0.05) is 11.1 Å². The van der Waals surface area contributed by atoms with E-state index >= 15 is 0 Å². The van der Waals surface area contributed by atoms with E-state index in [1.54, 1.807) is 19.1 Å². The van der Waals surface area contributed by atoms with E-state index in [1.807, 2.05) is 20.8 Å². The number of nitrogens with zero attached hydrogens (tertiary/aromatic N) is 1. The third-order valence-electron chi connectivity index (χ3n) is 4.08. The minimum atomic E-state index is -3.75. The molecule has 8 heteroatoms. The van der Waals surface area contributed by atoms with Gasteiger partial charge in [-0.05, 0) is 37.5 Å². The Hall–Kier alpha value is -1.47. The standard InChI is InChI=1S/C17H27ClN2O4S/c1-7-14(17(21)19-12(4)11(2)3)20(25(6,22)23)15-10-13(18)8-9-16(15)24-5/h8-12,14H,7H2,1-6H3,(H,19,21). The van der Waals surface area contributed by atoms with Crippen LogP contribution >= 0.6 is 11.6 Å². The minimum absolute atomic E-state index is 0.0794. The Morgan fingerprint density at radius 1 is 1.32 bits per heavy atom. The van der Waals surface area contributed by atoms with Gasteiger partial charge >= 0.3 is 0 Å². The third kappa shape index (κ3) is 5.51. The predicted octanol–water partition coefficient (Wildman–Crippen LogP) is 3.05. The molecule has 0 heterocycles. The summed E-state index contributed by atoms with van der Waals surface area (Å²) in [5, 5.41) is 3.24. The van der Waals surface area contributed by atoms with E-state index in [0.29, 0.717) is 17.2 Å². The molecule has 1 rings (SSSR count). The van der Waals surface area contributed by atoms with Gasteiger partial charge in [-0.25, -0.2) is 8.42 Å². The number of benzene rings is 1. The van der Waals surface area contributed by atoms with Crippen LogP contribution in [0.25, 0.3) is 0 Å². The Kier molecular flexibility index (Phi) is 7.56. The van der Waals surface area contributed by atoms with Crippen molar-refractivity contribution in [2.75, 3.05) is 17.7 Å². The molecule has 6 nitrogen and oxygen atoms in total. The van der Waals surface area contributed by atoms with Crippen molar-refractivity contribution in [3.05, 3.63) is 23.2 Å². The summed E-state index contributed by atoms with van der Waals surface area (Å²) >= 11 is 6.04. The van der Waals surface area contributed by atoms with Gasteiger partial charge in [-0.1, -0.05) is 32.4 Å². The molecule has 0 aliphatic heterocycles. The number of sulfonamides is 1. The smallest absolute Gasteiger partial charge is 0.244 e. The first-order valence-electron chi connectivity index (χ1n) is 8.16. The van der Waals surface area contributed by atoms with Crippen LogP contribution in [0.2, 0.25) is 5.02 Å². The van der Waals surface area contributed by atoms with Crippen molar-refractivity contribution >= 4 is 33.2 Å². The lowest BCUT2D eigenvalue weighted by Crippen LogP contribution is -2.52. The average molecular weight is 391 g/mol. The number of ether oxygens (including phenoxy) is 1. The normalized spacial score (nSPS) is 14.1. The quantitative estimate of drug-likeness (QED) is 0.740. The maximum Gasteiger partial charge on any atom is 0.244 e. The van der Waals surface area contributed by atoms with Gasteiger partial charge < -0.3 is 10.1 Å². The van der Waals surface area contributed by atoms with Gasteiger partial charge in [-0.2, -0.15) is 0 Å². The topological polar surface area (TPSA) is 75.7 Å². The molecule has 0 fully saturated rings. The summed E-state index contributed by atoms with van der Waals surface area (Å²) in [5.74, 6) is 0.211. The van der Waals surface area contributed by atoms with E-state index in [0.717, 1.165) is 10.6 Å². The van der Waals surface area contributed by atoms with Gasteiger partial charge in [-0.15, -0.1) is 0 Å². The van der Waals surface area contributed by atoms with Crippen LogP contribution in [-0.4, -0.2) is 39.8 Å². The second-order valence-electron chi connectivity index (χ2n) is 6.34. The summed E-state index contributed by atoms with van der Waals surface area (Å²) in [6.45, 7) is 7.62. The first-order valence-corrected chi connectivity index (χ1v) is 10.4. The molecule has 0 aromatic heterocycles.